The zero-order valence-electron chi connectivity index (χ0n) is 12.4. The van der Waals surface area contributed by atoms with Gasteiger partial charge in [-0.2, -0.15) is 0 Å². The fraction of sp³-hybridized carbons (Fsp3) is 0.600. The minimum Gasteiger partial charge on any atom is -0.388 e. The van der Waals surface area contributed by atoms with Crippen LogP contribution in [0.1, 0.15) is 39.0 Å². The first-order chi connectivity index (χ1) is 10.1. The molecule has 1 fully saturated rings. The van der Waals surface area contributed by atoms with Crippen LogP contribution in [-0.4, -0.2) is 28.7 Å². The molecule has 1 aliphatic rings. The maximum Gasteiger partial charge on any atom is 0.315 e. The third-order valence-electron chi connectivity index (χ3n) is 3.98. The molecule has 0 amide bonds. The van der Waals surface area contributed by atoms with E-state index in [1.165, 1.54) is 0 Å². The lowest BCUT2D eigenvalue weighted by molar-refractivity contribution is -0.383. The molecule has 1 aromatic carbocycles. The molecule has 0 atom stereocenters. The van der Waals surface area contributed by atoms with Crippen molar-refractivity contribution in [3.8, 4) is 0 Å². The van der Waals surface area contributed by atoms with E-state index >= 15 is 0 Å². The van der Waals surface area contributed by atoms with E-state index in [1.807, 2.05) is 6.92 Å². The summed E-state index contributed by atoms with van der Waals surface area (Å²) in [5, 5.41) is 27.9. The molecular weight excluding hydrogens is 270 g/mol. The Labute approximate surface area is 124 Å². The second-order valence-electron chi connectivity index (χ2n) is 5.63. The number of para-hydroxylation sites is 1. The molecule has 0 unspecified atom stereocenters. The van der Waals surface area contributed by atoms with Gasteiger partial charge in [-0.1, -0.05) is 25.3 Å². The molecule has 3 N–H and O–H groups in total. The maximum absolute atomic E-state index is 11.3. The number of hydrogen-bond donors (Lipinski definition) is 3. The monoisotopic (exact) mass is 293 g/mol. The molecule has 0 spiro atoms. The van der Waals surface area contributed by atoms with Gasteiger partial charge in [0.1, 0.15) is 11.4 Å². The second-order valence-corrected chi connectivity index (χ2v) is 5.63. The van der Waals surface area contributed by atoms with Crippen molar-refractivity contribution in [2.45, 2.75) is 44.6 Å². The Balaban J connectivity index is 2.15. The lowest BCUT2D eigenvalue weighted by atomic mass is 9.85. The van der Waals surface area contributed by atoms with E-state index in [4.69, 9.17) is 0 Å². The van der Waals surface area contributed by atoms with Gasteiger partial charge in [0.25, 0.3) is 0 Å². The Morgan fingerprint density at radius 2 is 1.86 bits per heavy atom. The molecule has 6 nitrogen and oxygen atoms in total. The first kappa shape index (κ1) is 15.6. The summed E-state index contributed by atoms with van der Waals surface area (Å²) in [5.41, 5.74) is 0.250. The quantitative estimate of drug-likeness (QED) is 0.554. The average Bonchev–Trinajstić information content (AvgIpc) is 2.46. The van der Waals surface area contributed by atoms with Crippen LogP contribution in [0.4, 0.5) is 17.1 Å². The van der Waals surface area contributed by atoms with Crippen LogP contribution < -0.4 is 10.6 Å². The molecule has 0 heterocycles. The number of aliphatic hydroxyl groups is 1. The Hall–Kier alpha value is -1.82. The highest BCUT2D eigenvalue weighted by molar-refractivity contribution is 5.76. The van der Waals surface area contributed by atoms with Crippen LogP contribution in [0.15, 0.2) is 18.2 Å². The molecule has 2 rings (SSSR count). The van der Waals surface area contributed by atoms with E-state index in [2.05, 4.69) is 10.6 Å². The largest absolute Gasteiger partial charge is 0.388 e. The normalized spacial score (nSPS) is 17.2. The minimum absolute atomic E-state index is 0.0405. The first-order valence-corrected chi connectivity index (χ1v) is 7.53. The smallest absolute Gasteiger partial charge is 0.315 e. The SMILES string of the molecule is CCNc1cccc(NCC2(O)CCCCC2)c1[N+](=O)[O-]. The van der Waals surface area contributed by atoms with Crippen LogP contribution >= 0.6 is 0 Å². The highest BCUT2D eigenvalue weighted by Gasteiger charge is 2.30. The standard InChI is InChI=1S/C15H23N3O3/c1-2-16-12-7-6-8-13(14(12)18(20)21)17-11-15(19)9-4-3-5-10-15/h6-8,16-17,19H,2-5,9-11H2,1H3. The van der Waals surface area contributed by atoms with Gasteiger partial charge in [0, 0.05) is 13.1 Å². The highest BCUT2D eigenvalue weighted by atomic mass is 16.6. The summed E-state index contributed by atoms with van der Waals surface area (Å²) in [6, 6.07) is 5.16. The van der Waals surface area contributed by atoms with Crippen molar-refractivity contribution < 1.29 is 10.0 Å². The van der Waals surface area contributed by atoms with Crippen molar-refractivity contribution in [1.82, 2.24) is 0 Å². The van der Waals surface area contributed by atoms with Crippen molar-refractivity contribution in [1.29, 1.82) is 0 Å². The number of anilines is 2. The summed E-state index contributed by atoms with van der Waals surface area (Å²) in [4.78, 5) is 10.9. The van der Waals surface area contributed by atoms with E-state index in [9.17, 15) is 15.2 Å². The van der Waals surface area contributed by atoms with Gasteiger partial charge in [0.2, 0.25) is 0 Å². The number of nitro benzene ring substituents is 1. The van der Waals surface area contributed by atoms with E-state index in [-0.39, 0.29) is 10.6 Å². The van der Waals surface area contributed by atoms with E-state index in [1.54, 1.807) is 18.2 Å². The molecule has 1 saturated carbocycles. The number of hydrogen-bond acceptors (Lipinski definition) is 5. The minimum atomic E-state index is -0.750. The molecule has 0 radical (unpaired) electrons. The van der Waals surface area contributed by atoms with Crippen molar-refractivity contribution in [2.75, 3.05) is 23.7 Å². The highest BCUT2D eigenvalue weighted by Crippen LogP contribution is 2.34. The van der Waals surface area contributed by atoms with E-state index < -0.39 is 5.60 Å². The van der Waals surface area contributed by atoms with Crippen LogP contribution in [-0.2, 0) is 0 Å². The van der Waals surface area contributed by atoms with Gasteiger partial charge < -0.3 is 15.7 Å². The van der Waals surface area contributed by atoms with Crippen molar-refractivity contribution in [3.63, 3.8) is 0 Å². The lowest BCUT2D eigenvalue weighted by Gasteiger charge is -2.32. The molecule has 21 heavy (non-hydrogen) atoms. The van der Waals surface area contributed by atoms with Crippen LogP contribution in [0.5, 0.6) is 0 Å². The molecule has 6 heteroatoms. The second kappa shape index (κ2) is 6.76. The van der Waals surface area contributed by atoms with Crippen LogP contribution in [0.2, 0.25) is 0 Å². The number of benzene rings is 1. The molecule has 0 saturated heterocycles. The lowest BCUT2D eigenvalue weighted by Crippen LogP contribution is -2.38. The summed E-state index contributed by atoms with van der Waals surface area (Å²) in [6.07, 6.45) is 4.68. The number of nitrogens with one attached hydrogen (secondary N) is 2. The maximum atomic E-state index is 11.3. The third-order valence-corrected chi connectivity index (χ3v) is 3.98. The molecule has 0 aliphatic heterocycles. The van der Waals surface area contributed by atoms with Crippen molar-refractivity contribution >= 4 is 17.1 Å². The zero-order chi connectivity index (χ0) is 15.3. The Kier molecular flexibility index (Phi) is 5.01. The fourth-order valence-corrected chi connectivity index (χ4v) is 2.86. The van der Waals surface area contributed by atoms with Gasteiger partial charge in [-0.05, 0) is 31.9 Å². The molecule has 116 valence electrons. The molecule has 0 aromatic heterocycles. The van der Waals surface area contributed by atoms with E-state index in [0.29, 0.717) is 24.5 Å². The van der Waals surface area contributed by atoms with Crippen molar-refractivity contribution in [2.24, 2.45) is 0 Å². The van der Waals surface area contributed by atoms with Gasteiger partial charge in [-0.15, -0.1) is 0 Å². The summed E-state index contributed by atoms with van der Waals surface area (Å²) in [7, 11) is 0. The van der Waals surface area contributed by atoms with Crippen LogP contribution in [0, 0.1) is 10.1 Å². The van der Waals surface area contributed by atoms with Crippen molar-refractivity contribution in [3.05, 3.63) is 28.3 Å². The predicted octanol–water partition coefficient (Wildman–Crippen LogP) is 3.13. The summed E-state index contributed by atoms with van der Waals surface area (Å²) >= 11 is 0. The molecule has 1 aliphatic carbocycles. The van der Waals surface area contributed by atoms with Gasteiger partial charge in [-0.3, -0.25) is 10.1 Å². The van der Waals surface area contributed by atoms with E-state index in [0.717, 1.165) is 32.1 Å². The fourth-order valence-electron chi connectivity index (χ4n) is 2.86. The summed E-state index contributed by atoms with van der Waals surface area (Å²) in [6.45, 7) is 2.87. The number of nitrogens with zero attached hydrogens (tertiary/aromatic N) is 1. The van der Waals surface area contributed by atoms with Gasteiger partial charge in [0.15, 0.2) is 0 Å². The Bertz CT molecular complexity index is 499. The Morgan fingerprint density at radius 3 is 2.43 bits per heavy atom. The number of nitro groups is 1. The molecule has 1 aromatic rings. The molecule has 0 bridgehead atoms. The third kappa shape index (κ3) is 3.85. The topological polar surface area (TPSA) is 87.4 Å². The Morgan fingerprint density at radius 1 is 1.24 bits per heavy atom. The predicted molar refractivity (Wildman–Crippen MR) is 83.8 cm³/mol. The van der Waals surface area contributed by atoms with Crippen LogP contribution in [0.25, 0.3) is 0 Å². The average molecular weight is 293 g/mol. The van der Waals surface area contributed by atoms with Gasteiger partial charge in [0.05, 0.1) is 10.5 Å². The van der Waals surface area contributed by atoms with Gasteiger partial charge in [-0.25, -0.2) is 0 Å². The number of rotatable bonds is 6. The van der Waals surface area contributed by atoms with Gasteiger partial charge >= 0.3 is 5.69 Å². The summed E-state index contributed by atoms with van der Waals surface area (Å²) < 4.78 is 0. The van der Waals surface area contributed by atoms with Crippen LogP contribution in [0.3, 0.4) is 0 Å². The summed E-state index contributed by atoms with van der Waals surface area (Å²) in [5.74, 6) is 0. The zero-order valence-corrected chi connectivity index (χ0v) is 12.4. The first-order valence-electron chi connectivity index (χ1n) is 7.53. The molecular formula is C15H23N3O3.